The number of methoxy groups -OCH3 is 3. The molecule has 0 aliphatic heterocycles. The zero-order valence-electron chi connectivity index (χ0n) is 15.8. The average Bonchev–Trinajstić information content (AvgIpc) is 2.66. The number of nitriles is 1. The molecule has 1 aliphatic carbocycles. The summed E-state index contributed by atoms with van der Waals surface area (Å²) in [6.07, 6.45) is 5.89. The van der Waals surface area contributed by atoms with Crippen LogP contribution in [-0.2, 0) is 4.79 Å². The molecule has 0 heterocycles. The summed E-state index contributed by atoms with van der Waals surface area (Å²) < 4.78 is 15.9. The molecular formula is C20H26N2O4. The molecule has 0 radical (unpaired) electrons. The molecular weight excluding hydrogens is 332 g/mol. The summed E-state index contributed by atoms with van der Waals surface area (Å²) in [7, 11) is 4.57. The number of amides is 1. The molecule has 1 N–H and O–H groups in total. The maximum absolute atomic E-state index is 12.5. The molecule has 1 aromatic rings. The number of rotatable bonds is 6. The van der Waals surface area contributed by atoms with Crippen molar-refractivity contribution in [1.82, 2.24) is 5.32 Å². The molecule has 0 bridgehead atoms. The van der Waals surface area contributed by atoms with Crippen molar-refractivity contribution in [1.29, 1.82) is 5.26 Å². The molecule has 1 aliphatic rings. The van der Waals surface area contributed by atoms with E-state index in [1.807, 2.05) is 6.07 Å². The summed E-state index contributed by atoms with van der Waals surface area (Å²) in [6, 6.07) is 5.52. The summed E-state index contributed by atoms with van der Waals surface area (Å²) in [6.45, 7) is 2.14. The normalized spacial score (nSPS) is 20.0. The highest BCUT2D eigenvalue weighted by Gasteiger charge is 2.24. The number of ether oxygens (including phenoxy) is 3. The van der Waals surface area contributed by atoms with Gasteiger partial charge in [-0.25, -0.2) is 0 Å². The fraction of sp³-hybridized carbons (Fsp3) is 0.500. The highest BCUT2D eigenvalue weighted by Crippen LogP contribution is 2.38. The number of benzene rings is 1. The van der Waals surface area contributed by atoms with Gasteiger partial charge in [-0.3, -0.25) is 4.79 Å². The monoisotopic (exact) mass is 358 g/mol. The van der Waals surface area contributed by atoms with Crippen LogP contribution in [0.15, 0.2) is 17.7 Å². The molecule has 0 spiro atoms. The minimum Gasteiger partial charge on any atom is -0.493 e. The van der Waals surface area contributed by atoms with E-state index in [9.17, 15) is 10.1 Å². The largest absolute Gasteiger partial charge is 0.493 e. The van der Waals surface area contributed by atoms with Crippen molar-refractivity contribution in [2.45, 2.75) is 38.6 Å². The lowest BCUT2D eigenvalue weighted by Crippen LogP contribution is -2.41. The number of carbonyl (C=O) groups is 1. The van der Waals surface area contributed by atoms with Crippen LogP contribution in [0.2, 0.25) is 0 Å². The van der Waals surface area contributed by atoms with Crippen LogP contribution in [0.25, 0.3) is 6.08 Å². The van der Waals surface area contributed by atoms with E-state index in [1.165, 1.54) is 33.8 Å². The maximum atomic E-state index is 12.5. The molecule has 1 aromatic carbocycles. The first-order valence-corrected chi connectivity index (χ1v) is 8.76. The Morgan fingerprint density at radius 3 is 2.27 bits per heavy atom. The highest BCUT2D eigenvalue weighted by molar-refractivity contribution is 6.02. The van der Waals surface area contributed by atoms with Crippen molar-refractivity contribution in [2.24, 2.45) is 5.92 Å². The van der Waals surface area contributed by atoms with Crippen molar-refractivity contribution < 1.29 is 19.0 Å². The molecule has 26 heavy (non-hydrogen) atoms. The molecule has 2 rings (SSSR count). The second-order valence-corrected chi connectivity index (χ2v) is 6.47. The van der Waals surface area contributed by atoms with Crippen LogP contribution in [0.3, 0.4) is 0 Å². The Labute approximate surface area is 154 Å². The molecule has 140 valence electrons. The van der Waals surface area contributed by atoms with Crippen LogP contribution in [0.5, 0.6) is 17.2 Å². The molecule has 0 saturated heterocycles. The summed E-state index contributed by atoms with van der Waals surface area (Å²) >= 11 is 0. The Balaban J connectivity index is 2.27. The third-order valence-corrected chi connectivity index (χ3v) is 4.79. The van der Waals surface area contributed by atoms with Crippen LogP contribution in [0.1, 0.15) is 38.2 Å². The predicted octanol–water partition coefficient (Wildman–Crippen LogP) is 3.31. The molecule has 2 atom stereocenters. The van der Waals surface area contributed by atoms with Crippen LogP contribution >= 0.6 is 0 Å². The van der Waals surface area contributed by atoms with E-state index in [-0.39, 0.29) is 17.5 Å². The number of hydrogen-bond donors (Lipinski definition) is 1. The minimum absolute atomic E-state index is 0.0528. The van der Waals surface area contributed by atoms with E-state index in [0.717, 1.165) is 19.3 Å². The van der Waals surface area contributed by atoms with Crippen molar-refractivity contribution in [3.8, 4) is 23.3 Å². The van der Waals surface area contributed by atoms with Gasteiger partial charge in [0.2, 0.25) is 5.75 Å². The number of nitrogens with one attached hydrogen (secondary N) is 1. The average molecular weight is 358 g/mol. The number of nitrogens with zero attached hydrogens (tertiary/aromatic N) is 1. The third kappa shape index (κ3) is 4.48. The van der Waals surface area contributed by atoms with E-state index >= 15 is 0 Å². The quantitative estimate of drug-likeness (QED) is 0.623. The molecule has 1 amide bonds. The first-order chi connectivity index (χ1) is 12.5. The summed E-state index contributed by atoms with van der Waals surface area (Å²) in [5.74, 6) is 1.48. The summed E-state index contributed by atoms with van der Waals surface area (Å²) in [5.41, 5.74) is 0.680. The first-order valence-electron chi connectivity index (χ1n) is 8.76. The van der Waals surface area contributed by atoms with Crippen LogP contribution in [0.4, 0.5) is 0 Å². The fourth-order valence-electron chi connectivity index (χ4n) is 3.28. The van der Waals surface area contributed by atoms with E-state index in [0.29, 0.717) is 28.7 Å². The fourth-order valence-corrected chi connectivity index (χ4v) is 3.28. The van der Waals surface area contributed by atoms with Gasteiger partial charge in [0.1, 0.15) is 11.6 Å². The topological polar surface area (TPSA) is 80.6 Å². The Morgan fingerprint density at radius 2 is 1.77 bits per heavy atom. The molecule has 1 fully saturated rings. The zero-order chi connectivity index (χ0) is 19.1. The minimum atomic E-state index is -0.347. The van der Waals surface area contributed by atoms with E-state index in [2.05, 4.69) is 12.2 Å². The third-order valence-electron chi connectivity index (χ3n) is 4.79. The standard InChI is InChI=1S/C20H26N2O4/c1-13-7-5-6-8-16(13)22-20(23)15(12-21)9-14-10-17(24-2)19(26-4)18(11-14)25-3/h9-11,13,16H,5-8H2,1-4H3,(H,22,23)/b15-9+. The zero-order valence-corrected chi connectivity index (χ0v) is 15.8. The molecule has 6 heteroatoms. The van der Waals surface area contributed by atoms with Crippen LogP contribution in [0, 0.1) is 17.2 Å². The lowest BCUT2D eigenvalue weighted by Gasteiger charge is -2.29. The van der Waals surface area contributed by atoms with Gasteiger partial charge in [0, 0.05) is 6.04 Å². The first kappa shape index (κ1) is 19.6. The van der Waals surface area contributed by atoms with Gasteiger partial charge in [-0.1, -0.05) is 19.8 Å². The Morgan fingerprint density at radius 1 is 1.15 bits per heavy atom. The van der Waals surface area contributed by atoms with Gasteiger partial charge in [-0.2, -0.15) is 5.26 Å². The summed E-state index contributed by atoms with van der Waals surface area (Å²) in [4.78, 5) is 12.5. The van der Waals surface area contributed by atoms with Gasteiger partial charge in [-0.05, 0) is 42.5 Å². The van der Waals surface area contributed by atoms with Crippen molar-refractivity contribution in [3.05, 3.63) is 23.3 Å². The van der Waals surface area contributed by atoms with E-state index in [4.69, 9.17) is 14.2 Å². The second-order valence-electron chi connectivity index (χ2n) is 6.47. The number of carbonyl (C=O) groups excluding carboxylic acids is 1. The van der Waals surface area contributed by atoms with Gasteiger partial charge in [0.05, 0.1) is 21.3 Å². The summed E-state index contributed by atoms with van der Waals surface area (Å²) in [5, 5.41) is 12.4. The van der Waals surface area contributed by atoms with Crippen LogP contribution < -0.4 is 19.5 Å². The molecule has 6 nitrogen and oxygen atoms in total. The SMILES string of the molecule is COc1cc(/C=C(\C#N)C(=O)NC2CCCCC2C)cc(OC)c1OC. The smallest absolute Gasteiger partial charge is 0.262 e. The Kier molecular flexibility index (Phi) is 6.90. The van der Waals surface area contributed by atoms with Crippen molar-refractivity contribution >= 4 is 12.0 Å². The maximum Gasteiger partial charge on any atom is 0.262 e. The lowest BCUT2D eigenvalue weighted by molar-refractivity contribution is -0.118. The van der Waals surface area contributed by atoms with Gasteiger partial charge in [0.25, 0.3) is 5.91 Å². The van der Waals surface area contributed by atoms with Crippen molar-refractivity contribution in [3.63, 3.8) is 0 Å². The number of hydrogen-bond acceptors (Lipinski definition) is 5. The van der Waals surface area contributed by atoms with E-state index in [1.54, 1.807) is 12.1 Å². The predicted molar refractivity (Wildman–Crippen MR) is 99.3 cm³/mol. The lowest BCUT2D eigenvalue weighted by atomic mass is 9.86. The van der Waals surface area contributed by atoms with Gasteiger partial charge >= 0.3 is 0 Å². The Hall–Kier alpha value is -2.68. The molecule has 0 aromatic heterocycles. The van der Waals surface area contributed by atoms with E-state index < -0.39 is 0 Å². The second kappa shape index (κ2) is 9.14. The van der Waals surface area contributed by atoms with Gasteiger partial charge in [0.15, 0.2) is 11.5 Å². The highest BCUT2D eigenvalue weighted by atomic mass is 16.5. The molecule has 2 unspecified atom stereocenters. The molecule has 1 saturated carbocycles. The Bertz CT molecular complexity index is 696. The van der Waals surface area contributed by atoms with Gasteiger partial charge < -0.3 is 19.5 Å². The van der Waals surface area contributed by atoms with Gasteiger partial charge in [-0.15, -0.1) is 0 Å². The van der Waals surface area contributed by atoms with Crippen LogP contribution in [-0.4, -0.2) is 33.3 Å². The van der Waals surface area contributed by atoms with Crippen molar-refractivity contribution in [2.75, 3.05) is 21.3 Å².